The highest BCUT2D eigenvalue weighted by atomic mass is 79.9. The van der Waals surface area contributed by atoms with E-state index in [0.29, 0.717) is 16.3 Å². The molecule has 0 saturated carbocycles. The zero-order valence-electron chi connectivity index (χ0n) is 11.1. The summed E-state index contributed by atoms with van der Waals surface area (Å²) in [5.74, 6) is 0.389. The number of benzene rings is 2. The average Bonchev–Trinajstić information content (AvgIpc) is 2.44. The molecule has 1 atom stereocenters. The van der Waals surface area contributed by atoms with Crippen LogP contribution in [0.15, 0.2) is 40.9 Å². The van der Waals surface area contributed by atoms with Gasteiger partial charge in [-0.15, -0.1) is 0 Å². The second-order valence-electron chi connectivity index (χ2n) is 4.27. The van der Waals surface area contributed by atoms with Gasteiger partial charge in [-0.25, -0.2) is 4.39 Å². The third-order valence-corrected chi connectivity index (χ3v) is 3.90. The molecule has 0 amide bonds. The molecule has 0 spiro atoms. The number of rotatable bonds is 4. The summed E-state index contributed by atoms with van der Waals surface area (Å²) in [5.41, 5.74) is 1.57. The van der Waals surface area contributed by atoms with E-state index in [0.717, 1.165) is 10.0 Å². The summed E-state index contributed by atoms with van der Waals surface area (Å²) in [6.45, 7) is 0. The van der Waals surface area contributed by atoms with Crippen molar-refractivity contribution in [1.29, 1.82) is 0 Å². The fourth-order valence-corrected chi connectivity index (χ4v) is 2.70. The van der Waals surface area contributed by atoms with Crippen LogP contribution in [0.2, 0.25) is 5.02 Å². The van der Waals surface area contributed by atoms with E-state index >= 15 is 0 Å². The Kier molecular flexibility index (Phi) is 5.02. The molecule has 0 aromatic heterocycles. The van der Waals surface area contributed by atoms with Gasteiger partial charge in [0.1, 0.15) is 11.6 Å². The number of ether oxygens (including phenoxy) is 1. The van der Waals surface area contributed by atoms with Crippen LogP contribution in [0.5, 0.6) is 5.75 Å². The monoisotopic (exact) mass is 357 g/mol. The van der Waals surface area contributed by atoms with Crippen molar-refractivity contribution in [2.24, 2.45) is 0 Å². The van der Waals surface area contributed by atoms with Crippen LogP contribution in [-0.4, -0.2) is 14.2 Å². The van der Waals surface area contributed by atoms with Crippen LogP contribution < -0.4 is 10.1 Å². The van der Waals surface area contributed by atoms with E-state index < -0.39 is 0 Å². The Hall–Kier alpha value is -1.10. The highest BCUT2D eigenvalue weighted by Crippen LogP contribution is 2.35. The maximum Gasteiger partial charge on any atom is 0.125 e. The Morgan fingerprint density at radius 1 is 1.20 bits per heavy atom. The molecule has 2 rings (SSSR count). The fourth-order valence-electron chi connectivity index (χ4n) is 2.14. The first-order chi connectivity index (χ1) is 9.56. The summed E-state index contributed by atoms with van der Waals surface area (Å²) in [5, 5.41) is 3.66. The van der Waals surface area contributed by atoms with Crippen LogP contribution in [0.25, 0.3) is 0 Å². The van der Waals surface area contributed by atoms with Crippen molar-refractivity contribution in [2.45, 2.75) is 6.04 Å². The van der Waals surface area contributed by atoms with Gasteiger partial charge in [0, 0.05) is 15.1 Å². The van der Waals surface area contributed by atoms with Crippen LogP contribution in [0.4, 0.5) is 4.39 Å². The predicted molar refractivity (Wildman–Crippen MR) is 83.0 cm³/mol. The average molecular weight is 359 g/mol. The van der Waals surface area contributed by atoms with Gasteiger partial charge in [-0.1, -0.05) is 33.6 Å². The molecular weight excluding hydrogens is 345 g/mol. The van der Waals surface area contributed by atoms with Gasteiger partial charge in [-0.3, -0.25) is 0 Å². The van der Waals surface area contributed by atoms with Gasteiger partial charge in [0.05, 0.1) is 13.2 Å². The quantitative estimate of drug-likeness (QED) is 0.865. The SMILES string of the molecule is CNC(c1cc(F)ccc1Cl)c1ccc(Br)cc1OC. The number of nitrogens with one attached hydrogen (secondary N) is 1. The van der Waals surface area contributed by atoms with E-state index in [9.17, 15) is 4.39 Å². The van der Waals surface area contributed by atoms with Crippen molar-refractivity contribution < 1.29 is 9.13 Å². The van der Waals surface area contributed by atoms with Crippen molar-refractivity contribution in [1.82, 2.24) is 5.32 Å². The highest BCUT2D eigenvalue weighted by molar-refractivity contribution is 9.10. The van der Waals surface area contributed by atoms with Crippen LogP contribution in [0.1, 0.15) is 17.2 Å². The van der Waals surface area contributed by atoms with E-state index in [4.69, 9.17) is 16.3 Å². The summed E-state index contributed by atoms with van der Waals surface area (Å²) >= 11 is 9.59. The lowest BCUT2D eigenvalue weighted by Gasteiger charge is -2.21. The largest absolute Gasteiger partial charge is 0.496 e. The topological polar surface area (TPSA) is 21.3 Å². The lowest BCUT2D eigenvalue weighted by molar-refractivity contribution is 0.405. The van der Waals surface area contributed by atoms with Crippen molar-refractivity contribution in [3.63, 3.8) is 0 Å². The summed E-state index contributed by atoms with van der Waals surface area (Å²) in [6, 6.07) is 9.79. The number of hydrogen-bond acceptors (Lipinski definition) is 2. The van der Waals surface area contributed by atoms with Gasteiger partial charge in [0.2, 0.25) is 0 Å². The predicted octanol–water partition coefficient (Wildman–Crippen LogP) is 4.56. The Labute approximate surface area is 131 Å². The van der Waals surface area contributed by atoms with Gasteiger partial charge in [0.25, 0.3) is 0 Å². The minimum atomic E-state index is -0.319. The van der Waals surface area contributed by atoms with Crippen LogP contribution in [0.3, 0.4) is 0 Å². The Bertz CT molecular complexity index is 621. The number of hydrogen-bond donors (Lipinski definition) is 1. The Balaban J connectivity index is 2.55. The van der Waals surface area contributed by atoms with Gasteiger partial charge in [0.15, 0.2) is 0 Å². The smallest absolute Gasteiger partial charge is 0.125 e. The Morgan fingerprint density at radius 3 is 2.60 bits per heavy atom. The van der Waals surface area contributed by atoms with Crippen LogP contribution in [-0.2, 0) is 0 Å². The van der Waals surface area contributed by atoms with E-state index in [2.05, 4.69) is 21.2 Å². The summed E-state index contributed by atoms with van der Waals surface area (Å²) in [4.78, 5) is 0. The van der Waals surface area contributed by atoms with E-state index in [1.807, 2.05) is 18.2 Å². The van der Waals surface area contributed by atoms with Crippen molar-refractivity contribution in [3.05, 3.63) is 62.8 Å². The lowest BCUT2D eigenvalue weighted by atomic mass is 9.98. The molecule has 1 N–H and O–H groups in total. The lowest BCUT2D eigenvalue weighted by Crippen LogP contribution is -2.19. The van der Waals surface area contributed by atoms with E-state index in [1.54, 1.807) is 20.2 Å². The van der Waals surface area contributed by atoms with Crippen LogP contribution in [0, 0.1) is 5.82 Å². The first kappa shape index (κ1) is 15.3. The van der Waals surface area contributed by atoms with E-state index in [-0.39, 0.29) is 11.9 Å². The molecule has 106 valence electrons. The number of methoxy groups -OCH3 is 1. The molecule has 20 heavy (non-hydrogen) atoms. The van der Waals surface area contributed by atoms with Crippen LogP contribution >= 0.6 is 27.5 Å². The molecule has 5 heteroatoms. The molecule has 0 fully saturated rings. The molecule has 0 radical (unpaired) electrons. The maximum absolute atomic E-state index is 13.5. The first-order valence-corrected chi connectivity index (χ1v) is 7.19. The van der Waals surface area contributed by atoms with Crippen molar-refractivity contribution >= 4 is 27.5 Å². The third kappa shape index (κ3) is 3.14. The molecule has 0 aliphatic heterocycles. The molecular formula is C15H14BrClFNO. The van der Waals surface area contributed by atoms with Gasteiger partial charge < -0.3 is 10.1 Å². The molecule has 0 aliphatic carbocycles. The molecule has 1 unspecified atom stereocenters. The van der Waals surface area contributed by atoms with E-state index in [1.165, 1.54) is 12.1 Å². The summed E-state index contributed by atoms with van der Waals surface area (Å²) in [7, 11) is 3.40. The first-order valence-electron chi connectivity index (χ1n) is 6.02. The second kappa shape index (κ2) is 6.57. The van der Waals surface area contributed by atoms with Crippen molar-refractivity contribution in [2.75, 3.05) is 14.2 Å². The Morgan fingerprint density at radius 2 is 1.95 bits per heavy atom. The molecule has 2 aromatic carbocycles. The molecule has 0 bridgehead atoms. The molecule has 0 saturated heterocycles. The van der Waals surface area contributed by atoms with Gasteiger partial charge in [-0.2, -0.15) is 0 Å². The summed E-state index contributed by atoms with van der Waals surface area (Å²) < 4.78 is 19.8. The summed E-state index contributed by atoms with van der Waals surface area (Å²) in [6.07, 6.45) is 0. The molecule has 0 aliphatic rings. The zero-order valence-corrected chi connectivity index (χ0v) is 13.4. The normalized spacial score (nSPS) is 12.2. The highest BCUT2D eigenvalue weighted by Gasteiger charge is 2.19. The van der Waals surface area contributed by atoms with Crippen molar-refractivity contribution in [3.8, 4) is 5.75 Å². The van der Waals surface area contributed by atoms with Gasteiger partial charge >= 0.3 is 0 Å². The third-order valence-electron chi connectivity index (χ3n) is 3.06. The molecule has 0 heterocycles. The minimum Gasteiger partial charge on any atom is -0.496 e. The maximum atomic E-state index is 13.5. The fraction of sp³-hybridized carbons (Fsp3) is 0.200. The minimum absolute atomic E-state index is 0.249. The standard InChI is InChI=1S/C15H14BrClFNO/c1-19-15(12-8-10(18)4-6-13(12)17)11-5-3-9(16)7-14(11)20-2/h3-8,15,19H,1-2H3. The molecule has 2 aromatic rings. The zero-order chi connectivity index (χ0) is 14.7. The second-order valence-corrected chi connectivity index (χ2v) is 5.60. The molecule has 2 nitrogen and oxygen atoms in total. The number of halogens is 3. The van der Waals surface area contributed by atoms with Gasteiger partial charge in [-0.05, 0) is 42.9 Å².